The van der Waals surface area contributed by atoms with Gasteiger partial charge < -0.3 is 20.1 Å². The molecule has 1 heterocycles. The molecule has 6 nitrogen and oxygen atoms in total. The van der Waals surface area contributed by atoms with Crippen LogP contribution in [-0.2, 0) is 4.79 Å². The molecular weight excluding hydrogens is 388 g/mol. The molecule has 2 amide bonds. The lowest BCUT2D eigenvalue weighted by molar-refractivity contribution is -0.118. The lowest BCUT2D eigenvalue weighted by Gasteiger charge is -2.13. The summed E-state index contributed by atoms with van der Waals surface area (Å²) in [5.74, 6) is 0.591. The molecule has 0 radical (unpaired) electrons. The highest BCUT2D eigenvalue weighted by molar-refractivity contribution is 7.12. The molecule has 3 aromatic rings. The van der Waals surface area contributed by atoms with E-state index in [-0.39, 0.29) is 18.4 Å². The maximum Gasteiger partial charge on any atom is 0.265 e. The number of nitrogens with one attached hydrogen (secondary N) is 2. The highest BCUT2D eigenvalue weighted by Crippen LogP contribution is 2.29. The maximum atomic E-state index is 12.2. The molecule has 2 N–H and O–H groups in total. The van der Waals surface area contributed by atoms with Crippen LogP contribution in [0.1, 0.15) is 20.8 Å². The fourth-order valence-corrected chi connectivity index (χ4v) is 3.23. The lowest BCUT2D eigenvalue weighted by atomic mass is 10.1. The second kappa shape index (κ2) is 9.25. The number of ether oxygens (including phenoxy) is 2. The second-order valence-corrected chi connectivity index (χ2v) is 7.38. The fourth-order valence-electron chi connectivity index (χ4n) is 2.61. The highest BCUT2D eigenvalue weighted by Gasteiger charge is 2.12. The van der Waals surface area contributed by atoms with Gasteiger partial charge in [-0.05, 0) is 60.7 Å². The zero-order valence-corrected chi connectivity index (χ0v) is 17.3. The first kappa shape index (κ1) is 20.4. The molecule has 0 fully saturated rings. The first-order valence-electron chi connectivity index (χ1n) is 8.99. The van der Waals surface area contributed by atoms with Gasteiger partial charge in [0.1, 0.15) is 11.5 Å². The number of thiophene rings is 1. The molecule has 0 aliphatic carbocycles. The Labute approximate surface area is 173 Å². The van der Waals surface area contributed by atoms with Crippen LogP contribution in [0.3, 0.4) is 0 Å². The van der Waals surface area contributed by atoms with Crippen LogP contribution < -0.4 is 20.1 Å². The van der Waals surface area contributed by atoms with Crippen LogP contribution in [0, 0.1) is 13.8 Å². The number of carbonyl (C=O) groups excluding carboxylic acids is 2. The average Bonchev–Trinajstić information content (AvgIpc) is 3.25. The van der Waals surface area contributed by atoms with Gasteiger partial charge in [0.05, 0.1) is 17.7 Å². The predicted molar refractivity (Wildman–Crippen MR) is 115 cm³/mol. The largest absolute Gasteiger partial charge is 0.494 e. The summed E-state index contributed by atoms with van der Waals surface area (Å²) in [6, 6.07) is 14.3. The zero-order valence-electron chi connectivity index (χ0n) is 16.4. The summed E-state index contributed by atoms with van der Waals surface area (Å²) >= 11 is 1.36. The van der Waals surface area contributed by atoms with Gasteiger partial charge in [-0.25, -0.2) is 0 Å². The van der Waals surface area contributed by atoms with E-state index in [9.17, 15) is 9.59 Å². The van der Waals surface area contributed by atoms with Crippen molar-refractivity contribution in [2.75, 3.05) is 24.4 Å². The number of carbonyl (C=O) groups is 2. The summed E-state index contributed by atoms with van der Waals surface area (Å²) in [6.07, 6.45) is 0. The normalized spacial score (nSPS) is 10.3. The number of hydrogen-bond acceptors (Lipinski definition) is 5. The molecule has 0 spiro atoms. The summed E-state index contributed by atoms with van der Waals surface area (Å²) in [5.41, 5.74) is 3.34. The van der Waals surface area contributed by atoms with Crippen molar-refractivity contribution in [1.82, 2.24) is 0 Å². The van der Waals surface area contributed by atoms with Crippen LogP contribution in [0.4, 0.5) is 11.4 Å². The molecule has 0 bridgehead atoms. The minimum Gasteiger partial charge on any atom is -0.494 e. The van der Waals surface area contributed by atoms with Crippen molar-refractivity contribution >= 4 is 34.5 Å². The third-order valence-electron chi connectivity index (χ3n) is 4.33. The SMILES string of the molecule is COc1cc(NC(=O)COc2ccc(C)c(C)c2)ccc1NC(=O)c1cccs1. The van der Waals surface area contributed by atoms with Crippen LogP contribution in [0.15, 0.2) is 53.9 Å². The Bertz CT molecular complexity index is 1020. The molecule has 3 rings (SSSR count). The Morgan fingerprint density at radius 3 is 2.52 bits per heavy atom. The number of amides is 2. The third kappa shape index (κ3) is 5.36. The predicted octanol–water partition coefficient (Wildman–Crippen LogP) is 4.64. The summed E-state index contributed by atoms with van der Waals surface area (Å²) in [5, 5.41) is 7.41. The molecule has 7 heteroatoms. The third-order valence-corrected chi connectivity index (χ3v) is 5.20. The molecule has 0 atom stereocenters. The first-order chi connectivity index (χ1) is 14.0. The smallest absolute Gasteiger partial charge is 0.265 e. The van der Waals surface area contributed by atoms with Crippen LogP contribution in [0.2, 0.25) is 0 Å². The molecule has 0 saturated heterocycles. The monoisotopic (exact) mass is 410 g/mol. The molecule has 2 aromatic carbocycles. The van der Waals surface area contributed by atoms with Gasteiger partial charge in [-0.15, -0.1) is 11.3 Å². The number of rotatable bonds is 7. The molecule has 0 aliphatic heterocycles. The topological polar surface area (TPSA) is 76.7 Å². The minimum atomic E-state index is -0.291. The van der Waals surface area contributed by atoms with E-state index in [0.29, 0.717) is 27.8 Å². The van der Waals surface area contributed by atoms with E-state index in [1.54, 1.807) is 24.3 Å². The molecule has 0 saturated carbocycles. The van der Waals surface area contributed by atoms with Crippen molar-refractivity contribution < 1.29 is 19.1 Å². The summed E-state index contributed by atoms with van der Waals surface area (Å²) in [7, 11) is 1.50. The molecule has 0 unspecified atom stereocenters. The van der Waals surface area contributed by atoms with Crippen molar-refractivity contribution in [2.45, 2.75) is 13.8 Å². The minimum absolute atomic E-state index is 0.109. The van der Waals surface area contributed by atoms with Gasteiger partial charge in [-0.2, -0.15) is 0 Å². The van der Waals surface area contributed by atoms with E-state index in [4.69, 9.17) is 9.47 Å². The molecule has 1 aromatic heterocycles. The van der Waals surface area contributed by atoms with Crippen molar-refractivity contribution in [3.05, 3.63) is 69.9 Å². The van der Waals surface area contributed by atoms with Crippen molar-refractivity contribution in [3.8, 4) is 11.5 Å². The highest BCUT2D eigenvalue weighted by atomic mass is 32.1. The quantitative estimate of drug-likeness (QED) is 0.595. The lowest BCUT2D eigenvalue weighted by Crippen LogP contribution is -2.20. The van der Waals surface area contributed by atoms with E-state index in [2.05, 4.69) is 10.6 Å². The van der Waals surface area contributed by atoms with Crippen LogP contribution in [0.5, 0.6) is 11.5 Å². The molecule has 0 aliphatic rings. The number of aryl methyl sites for hydroxylation is 2. The molecule has 29 heavy (non-hydrogen) atoms. The Kier molecular flexibility index (Phi) is 6.51. The van der Waals surface area contributed by atoms with E-state index >= 15 is 0 Å². The standard InChI is InChI=1S/C22H22N2O4S/c1-14-6-8-17(11-15(14)2)28-13-21(25)23-16-7-9-18(19(12-16)27-3)24-22(26)20-5-4-10-29-20/h4-12H,13H2,1-3H3,(H,23,25)(H,24,26). The van der Waals surface area contributed by atoms with Crippen molar-refractivity contribution in [1.29, 1.82) is 0 Å². The van der Waals surface area contributed by atoms with E-state index < -0.39 is 0 Å². The summed E-state index contributed by atoms with van der Waals surface area (Å²) in [4.78, 5) is 25.0. The van der Waals surface area contributed by atoms with Crippen molar-refractivity contribution in [2.24, 2.45) is 0 Å². The van der Waals surface area contributed by atoms with Crippen LogP contribution >= 0.6 is 11.3 Å². The number of benzene rings is 2. The van der Waals surface area contributed by atoms with Crippen LogP contribution in [-0.4, -0.2) is 25.5 Å². The summed E-state index contributed by atoms with van der Waals surface area (Å²) in [6.45, 7) is 3.90. The van der Waals surface area contributed by atoms with Gasteiger partial charge in [-0.3, -0.25) is 9.59 Å². The number of hydrogen-bond donors (Lipinski definition) is 2. The van der Waals surface area contributed by atoms with Gasteiger partial charge >= 0.3 is 0 Å². The van der Waals surface area contributed by atoms with Gasteiger partial charge in [0.2, 0.25) is 0 Å². The number of methoxy groups -OCH3 is 1. The Morgan fingerprint density at radius 2 is 1.83 bits per heavy atom. The second-order valence-electron chi connectivity index (χ2n) is 6.43. The summed E-state index contributed by atoms with van der Waals surface area (Å²) < 4.78 is 10.9. The zero-order chi connectivity index (χ0) is 20.8. The van der Waals surface area contributed by atoms with Crippen LogP contribution in [0.25, 0.3) is 0 Å². The van der Waals surface area contributed by atoms with E-state index in [1.807, 2.05) is 43.5 Å². The van der Waals surface area contributed by atoms with Gasteiger partial charge in [0, 0.05) is 11.8 Å². The fraction of sp³-hybridized carbons (Fsp3) is 0.182. The molecule has 150 valence electrons. The number of anilines is 2. The van der Waals surface area contributed by atoms with Crippen molar-refractivity contribution in [3.63, 3.8) is 0 Å². The average molecular weight is 410 g/mol. The van der Waals surface area contributed by atoms with E-state index in [0.717, 1.165) is 5.56 Å². The van der Waals surface area contributed by atoms with Gasteiger partial charge in [0.15, 0.2) is 6.61 Å². The van der Waals surface area contributed by atoms with Gasteiger partial charge in [-0.1, -0.05) is 12.1 Å². The Hall–Kier alpha value is -3.32. The Morgan fingerprint density at radius 1 is 1.00 bits per heavy atom. The molecular formula is C22H22N2O4S. The van der Waals surface area contributed by atoms with E-state index in [1.165, 1.54) is 24.0 Å². The maximum absolute atomic E-state index is 12.2. The van der Waals surface area contributed by atoms with Gasteiger partial charge in [0.25, 0.3) is 11.8 Å². The Balaban J connectivity index is 1.61. The first-order valence-corrected chi connectivity index (χ1v) is 9.87.